The van der Waals surface area contributed by atoms with E-state index in [1.807, 2.05) is 0 Å². The molecule has 0 aromatic carbocycles. The van der Waals surface area contributed by atoms with E-state index in [9.17, 15) is 9.59 Å². The maximum atomic E-state index is 11.8. The smallest absolute Gasteiger partial charge is 0.328 e. The van der Waals surface area contributed by atoms with Crippen LogP contribution in [0.4, 0.5) is 0 Å². The molecule has 0 aromatic rings. The molecule has 0 bridgehead atoms. The minimum Gasteiger partial charge on any atom is -0.467 e. The number of amides is 1. The molecule has 0 saturated heterocycles. The first kappa shape index (κ1) is 13.7. The van der Waals surface area contributed by atoms with Gasteiger partial charge in [0, 0.05) is 6.42 Å². The monoisotopic (exact) mass is 239 g/mol. The number of carbonyl (C=O) groups excluding carboxylic acids is 2. The highest BCUT2D eigenvalue weighted by atomic mass is 16.5. The van der Waals surface area contributed by atoms with Crippen molar-refractivity contribution in [2.24, 2.45) is 5.92 Å². The van der Waals surface area contributed by atoms with Gasteiger partial charge >= 0.3 is 5.97 Å². The van der Waals surface area contributed by atoms with Crippen molar-refractivity contribution in [3.63, 3.8) is 0 Å². The van der Waals surface area contributed by atoms with E-state index in [2.05, 4.69) is 16.6 Å². The lowest BCUT2D eigenvalue weighted by Crippen LogP contribution is -2.41. The minimum absolute atomic E-state index is 0.0610. The van der Waals surface area contributed by atoms with Crippen LogP contribution in [0.25, 0.3) is 0 Å². The van der Waals surface area contributed by atoms with Crippen molar-refractivity contribution < 1.29 is 14.3 Å². The molecule has 1 N–H and O–H groups in total. The van der Waals surface area contributed by atoms with Gasteiger partial charge < -0.3 is 10.1 Å². The van der Waals surface area contributed by atoms with Crippen LogP contribution in [0.5, 0.6) is 0 Å². The Morgan fingerprint density at radius 1 is 1.47 bits per heavy atom. The highest BCUT2D eigenvalue weighted by Gasteiger charge is 2.23. The van der Waals surface area contributed by atoms with Gasteiger partial charge in [-0.15, -0.1) is 6.58 Å². The van der Waals surface area contributed by atoms with Crippen LogP contribution in [0.2, 0.25) is 0 Å². The molecule has 96 valence electrons. The summed E-state index contributed by atoms with van der Waals surface area (Å²) in [4.78, 5) is 23.1. The van der Waals surface area contributed by atoms with Crippen molar-refractivity contribution in [3.8, 4) is 0 Å². The summed E-state index contributed by atoms with van der Waals surface area (Å²) in [6.07, 6.45) is 7.21. The number of hydrogen-bond acceptors (Lipinski definition) is 3. The van der Waals surface area contributed by atoms with E-state index in [4.69, 9.17) is 0 Å². The largest absolute Gasteiger partial charge is 0.467 e. The van der Waals surface area contributed by atoms with E-state index in [1.54, 1.807) is 6.08 Å². The molecule has 0 radical (unpaired) electrons. The van der Waals surface area contributed by atoms with Crippen LogP contribution < -0.4 is 5.32 Å². The number of rotatable bonds is 6. The fourth-order valence-electron chi connectivity index (χ4n) is 2.25. The van der Waals surface area contributed by atoms with Gasteiger partial charge in [-0.2, -0.15) is 0 Å². The lowest BCUT2D eigenvalue weighted by atomic mass is 10.0. The maximum Gasteiger partial charge on any atom is 0.328 e. The predicted molar refractivity (Wildman–Crippen MR) is 65.3 cm³/mol. The Morgan fingerprint density at radius 2 is 2.12 bits per heavy atom. The summed E-state index contributed by atoms with van der Waals surface area (Å²) in [5.41, 5.74) is 0. The van der Waals surface area contributed by atoms with Crippen molar-refractivity contribution in [2.75, 3.05) is 7.11 Å². The zero-order valence-corrected chi connectivity index (χ0v) is 10.4. The molecule has 17 heavy (non-hydrogen) atoms. The Hall–Kier alpha value is -1.32. The fraction of sp³-hybridized carbons (Fsp3) is 0.692. The topological polar surface area (TPSA) is 55.4 Å². The Labute approximate surface area is 102 Å². The normalized spacial score (nSPS) is 17.5. The van der Waals surface area contributed by atoms with Crippen molar-refractivity contribution in [1.82, 2.24) is 5.32 Å². The zero-order chi connectivity index (χ0) is 12.7. The molecule has 4 nitrogen and oxygen atoms in total. The molecular formula is C13H21NO3. The zero-order valence-electron chi connectivity index (χ0n) is 10.4. The van der Waals surface area contributed by atoms with E-state index >= 15 is 0 Å². The Morgan fingerprint density at radius 3 is 2.65 bits per heavy atom. The van der Waals surface area contributed by atoms with E-state index in [0.29, 0.717) is 18.8 Å². The first-order chi connectivity index (χ1) is 8.17. The average molecular weight is 239 g/mol. The van der Waals surface area contributed by atoms with Crippen LogP contribution in [-0.2, 0) is 14.3 Å². The van der Waals surface area contributed by atoms with Gasteiger partial charge in [0.25, 0.3) is 0 Å². The second-order valence-electron chi connectivity index (χ2n) is 4.52. The molecule has 1 fully saturated rings. The van der Waals surface area contributed by atoms with Crippen LogP contribution in [0.15, 0.2) is 12.7 Å². The molecule has 1 aliphatic rings. The van der Waals surface area contributed by atoms with Crippen molar-refractivity contribution >= 4 is 11.9 Å². The van der Waals surface area contributed by atoms with Gasteiger partial charge in [-0.1, -0.05) is 18.9 Å². The number of nitrogens with one attached hydrogen (secondary N) is 1. The summed E-state index contributed by atoms with van der Waals surface area (Å²) < 4.78 is 4.63. The van der Waals surface area contributed by atoms with E-state index in [0.717, 1.165) is 12.8 Å². The third-order valence-corrected chi connectivity index (χ3v) is 3.17. The molecule has 0 unspecified atom stereocenters. The highest BCUT2D eigenvalue weighted by molar-refractivity contribution is 5.84. The predicted octanol–water partition coefficient (Wildman–Crippen LogP) is 1.80. The molecule has 1 saturated carbocycles. The maximum absolute atomic E-state index is 11.8. The minimum atomic E-state index is -0.591. The van der Waals surface area contributed by atoms with Gasteiger partial charge in [-0.05, 0) is 25.2 Å². The van der Waals surface area contributed by atoms with Gasteiger partial charge in [0.2, 0.25) is 5.91 Å². The number of hydrogen-bond donors (Lipinski definition) is 1. The van der Waals surface area contributed by atoms with Crippen LogP contribution in [-0.4, -0.2) is 25.0 Å². The summed E-state index contributed by atoms with van der Waals surface area (Å²) in [7, 11) is 1.32. The summed E-state index contributed by atoms with van der Waals surface area (Å²) in [6, 6.07) is -0.591. The summed E-state index contributed by atoms with van der Waals surface area (Å²) >= 11 is 0. The average Bonchev–Trinajstić information content (AvgIpc) is 2.80. The molecule has 4 heteroatoms. The van der Waals surface area contributed by atoms with Gasteiger partial charge in [-0.25, -0.2) is 4.79 Å². The molecule has 0 aliphatic heterocycles. The van der Waals surface area contributed by atoms with Crippen LogP contribution >= 0.6 is 0 Å². The number of esters is 1. The van der Waals surface area contributed by atoms with Crippen LogP contribution in [0.3, 0.4) is 0 Å². The fourth-order valence-corrected chi connectivity index (χ4v) is 2.25. The van der Waals surface area contributed by atoms with E-state index in [-0.39, 0.29) is 5.91 Å². The molecule has 1 atom stereocenters. The van der Waals surface area contributed by atoms with Crippen molar-refractivity contribution in [2.45, 2.75) is 44.6 Å². The van der Waals surface area contributed by atoms with E-state index < -0.39 is 12.0 Å². The Bertz CT molecular complexity index is 282. The van der Waals surface area contributed by atoms with Crippen molar-refractivity contribution in [3.05, 3.63) is 12.7 Å². The molecular weight excluding hydrogens is 218 g/mol. The SMILES string of the molecule is C=CC[C@H](NC(=O)CC1CCCC1)C(=O)OC. The van der Waals surface area contributed by atoms with Gasteiger partial charge in [-0.3, -0.25) is 4.79 Å². The third kappa shape index (κ3) is 4.59. The van der Waals surface area contributed by atoms with E-state index in [1.165, 1.54) is 20.0 Å². The lowest BCUT2D eigenvalue weighted by Gasteiger charge is -2.16. The Balaban J connectivity index is 2.39. The number of methoxy groups -OCH3 is 1. The molecule has 1 rings (SSSR count). The van der Waals surface area contributed by atoms with Gasteiger partial charge in [0.15, 0.2) is 0 Å². The standard InChI is InChI=1S/C13H21NO3/c1-3-6-11(13(16)17-2)14-12(15)9-10-7-4-5-8-10/h3,10-11H,1,4-9H2,2H3,(H,14,15)/t11-/m0/s1. The first-order valence-electron chi connectivity index (χ1n) is 6.15. The summed E-state index contributed by atoms with van der Waals surface area (Å²) in [5.74, 6) is 0.0100. The van der Waals surface area contributed by atoms with Crippen LogP contribution in [0.1, 0.15) is 38.5 Å². The number of ether oxygens (including phenoxy) is 1. The lowest BCUT2D eigenvalue weighted by molar-refractivity contribution is -0.145. The Kier molecular flexibility index (Phi) is 5.73. The highest BCUT2D eigenvalue weighted by Crippen LogP contribution is 2.27. The summed E-state index contributed by atoms with van der Waals surface area (Å²) in [6.45, 7) is 3.57. The molecule has 1 aliphatic carbocycles. The summed E-state index contributed by atoms with van der Waals surface area (Å²) in [5, 5.41) is 2.71. The quantitative estimate of drug-likeness (QED) is 0.568. The second-order valence-corrected chi connectivity index (χ2v) is 4.52. The second kappa shape index (κ2) is 7.09. The van der Waals surface area contributed by atoms with Crippen molar-refractivity contribution in [1.29, 1.82) is 0 Å². The third-order valence-electron chi connectivity index (χ3n) is 3.17. The number of carbonyl (C=O) groups is 2. The first-order valence-corrected chi connectivity index (χ1v) is 6.15. The van der Waals surface area contributed by atoms with Crippen LogP contribution in [0, 0.1) is 5.92 Å². The molecule has 1 amide bonds. The van der Waals surface area contributed by atoms with Gasteiger partial charge in [0.05, 0.1) is 7.11 Å². The molecule has 0 heterocycles. The molecule has 0 aromatic heterocycles. The van der Waals surface area contributed by atoms with Gasteiger partial charge in [0.1, 0.15) is 6.04 Å². The molecule has 0 spiro atoms.